The lowest BCUT2D eigenvalue weighted by atomic mass is 10.0. The Morgan fingerprint density at radius 2 is 1.77 bits per heavy atom. The van der Waals surface area contributed by atoms with Crippen molar-refractivity contribution in [3.8, 4) is 5.75 Å². The Labute approximate surface area is 152 Å². The molecule has 2 aromatic carbocycles. The molecular weight excluding hydrogens is 332 g/mol. The van der Waals surface area contributed by atoms with Gasteiger partial charge in [-0.15, -0.1) is 0 Å². The summed E-state index contributed by atoms with van der Waals surface area (Å²) < 4.78 is 5.28. The summed E-state index contributed by atoms with van der Waals surface area (Å²) in [6, 6.07) is 12.5. The van der Waals surface area contributed by atoms with Crippen molar-refractivity contribution < 1.29 is 19.4 Å². The first-order valence-electron chi connectivity index (χ1n) is 8.57. The van der Waals surface area contributed by atoms with Crippen LogP contribution < -0.4 is 10.1 Å². The lowest BCUT2D eigenvalue weighted by Crippen LogP contribution is -2.41. The van der Waals surface area contributed by atoms with Crippen molar-refractivity contribution in [2.45, 2.75) is 19.4 Å². The Hall–Kier alpha value is -3.02. The zero-order valence-electron chi connectivity index (χ0n) is 14.7. The molecule has 0 aliphatic carbocycles. The molecule has 136 valence electrons. The summed E-state index contributed by atoms with van der Waals surface area (Å²) in [6.45, 7) is 1.70. The van der Waals surface area contributed by atoms with Crippen LogP contribution in [0.25, 0.3) is 0 Å². The molecule has 3 rings (SSSR count). The molecule has 0 radical (unpaired) electrons. The standard InChI is InChI=1S/C20H22N2O4/c1-26-18-7-6-15-8-10-22(11-9-17(15)12-18)20(25)21-13-14-2-4-16(5-3-14)19(23)24/h2-7,12H,8-11,13H2,1H3,(H,21,25)(H,23,24). The number of carbonyl (C=O) groups is 2. The van der Waals surface area contributed by atoms with E-state index in [1.54, 1.807) is 31.4 Å². The second kappa shape index (κ2) is 7.91. The Bertz CT molecular complexity index is 802. The number of fused-ring (bicyclic) bond motifs is 1. The summed E-state index contributed by atoms with van der Waals surface area (Å²) in [5, 5.41) is 11.8. The molecule has 0 spiro atoms. The van der Waals surface area contributed by atoms with Gasteiger partial charge in [0.15, 0.2) is 0 Å². The lowest BCUT2D eigenvalue weighted by Gasteiger charge is -2.20. The van der Waals surface area contributed by atoms with Crippen molar-refractivity contribution in [2.75, 3.05) is 20.2 Å². The average Bonchev–Trinajstić information content (AvgIpc) is 2.88. The van der Waals surface area contributed by atoms with Gasteiger partial charge >= 0.3 is 12.0 Å². The summed E-state index contributed by atoms with van der Waals surface area (Å²) >= 11 is 0. The maximum absolute atomic E-state index is 12.5. The van der Waals surface area contributed by atoms with Gasteiger partial charge in [0.1, 0.15) is 5.75 Å². The van der Waals surface area contributed by atoms with Gasteiger partial charge in [-0.1, -0.05) is 18.2 Å². The Morgan fingerprint density at radius 3 is 2.42 bits per heavy atom. The number of carbonyl (C=O) groups excluding carboxylic acids is 1. The van der Waals surface area contributed by atoms with Gasteiger partial charge in [0, 0.05) is 19.6 Å². The highest BCUT2D eigenvalue weighted by Crippen LogP contribution is 2.21. The van der Waals surface area contributed by atoms with E-state index < -0.39 is 5.97 Å². The number of rotatable bonds is 4. The highest BCUT2D eigenvalue weighted by molar-refractivity contribution is 5.87. The minimum atomic E-state index is -0.957. The van der Waals surface area contributed by atoms with Crippen molar-refractivity contribution in [1.29, 1.82) is 0 Å². The van der Waals surface area contributed by atoms with Gasteiger partial charge in [-0.2, -0.15) is 0 Å². The molecule has 2 amide bonds. The summed E-state index contributed by atoms with van der Waals surface area (Å²) in [5.41, 5.74) is 3.58. The number of benzene rings is 2. The normalized spacial score (nSPS) is 13.5. The Kier molecular flexibility index (Phi) is 5.41. The summed E-state index contributed by atoms with van der Waals surface area (Å²) in [5.74, 6) is -0.118. The third-order valence-corrected chi connectivity index (χ3v) is 4.65. The number of aromatic carboxylic acids is 1. The number of nitrogens with zero attached hydrogens (tertiary/aromatic N) is 1. The van der Waals surface area contributed by atoms with Crippen LogP contribution in [-0.2, 0) is 19.4 Å². The van der Waals surface area contributed by atoms with E-state index in [0.29, 0.717) is 19.6 Å². The number of ether oxygens (including phenoxy) is 1. The van der Waals surface area contributed by atoms with E-state index in [-0.39, 0.29) is 11.6 Å². The molecule has 2 N–H and O–H groups in total. The highest BCUT2D eigenvalue weighted by Gasteiger charge is 2.18. The molecule has 0 aromatic heterocycles. The van der Waals surface area contributed by atoms with Crippen molar-refractivity contribution >= 4 is 12.0 Å². The molecule has 6 nitrogen and oxygen atoms in total. The number of methoxy groups -OCH3 is 1. The van der Waals surface area contributed by atoms with Crippen LogP contribution in [0.3, 0.4) is 0 Å². The fourth-order valence-corrected chi connectivity index (χ4v) is 3.09. The van der Waals surface area contributed by atoms with Crippen LogP contribution in [-0.4, -0.2) is 42.2 Å². The quantitative estimate of drug-likeness (QED) is 0.885. The van der Waals surface area contributed by atoms with Crippen LogP contribution in [0.1, 0.15) is 27.0 Å². The van der Waals surface area contributed by atoms with Crippen LogP contribution in [0, 0.1) is 0 Å². The first-order chi connectivity index (χ1) is 12.6. The average molecular weight is 354 g/mol. The molecule has 0 bridgehead atoms. The van der Waals surface area contributed by atoms with Gasteiger partial charge in [0.25, 0.3) is 0 Å². The van der Waals surface area contributed by atoms with E-state index in [4.69, 9.17) is 9.84 Å². The van der Waals surface area contributed by atoms with Crippen molar-refractivity contribution in [2.24, 2.45) is 0 Å². The molecule has 2 aromatic rings. The first kappa shape index (κ1) is 17.8. The maximum atomic E-state index is 12.5. The van der Waals surface area contributed by atoms with Gasteiger partial charge in [0.05, 0.1) is 12.7 Å². The molecule has 1 aliphatic rings. The summed E-state index contributed by atoms with van der Waals surface area (Å²) in [6.07, 6.45) is 1.62. The monoisotopic (exact) mass is 354 g/mol. The number of carboxylic acids is 1. The topological polar surface area (TPSA) is 78.9 Å². The lowest BCUT2D eigenvalue weighted by molar-refractivity contribution is 0.0697. The smallest absolute Gasteiger partial charge is 0.335 e. The van der Waals surface area contributed by atoms with Crippen LogP contribution in [0.15, 0.2) is 42.5 Å². The molecule has 1 aliphatic heterocycles. The van der Waals surface area contributed by atoms with Gasteiger partial charge < -0.3 is 20.1 Å². The van der Waals surface area contributed by atoms with E-state index in [9.17, 15) is 9.59 Å². The number of carboxylic acid groups (broad SMARTS) is 1. The molecule has 1 heterocycles. The van der Waals surface area contributed by atoms with Gasteiger partial charge in [-0.3, -0.25) is 0 Å². The second-order valence-electron chi connectivity index (χ2n) is 6.28. The van der Waals surface area contributed by atoms with Crippen molar-refractivity contribution in [3.05, 3.63) is 64.7 Å². The number of nitrogens with one attached hydrogen (secondary N) is 1. The minimum Gasteiger partial charge on any atom is -0.497 e. The number of urea groups is 1. The summed E-state index contributed by atoms with van der Waals surface area (Å²) in [4.78, 5) is 25.2. The SMILES string of the molecule is COc1ccc2c(c1)CCN(C(=O)NCc1ccc(C(=O)O)cc1)CC2. The van der Waals surface area contributed by atoms with Crippen LogP contribution >= 0.6 is 0 Å². The molecule has 6 heteroatoms. The summed E-state index contributed by atoms with van der Waals surface area (Å²) in [7, 11) is 1.65. The second-order valence-corrected chi connectivity index (χ2v) is 6.28. The van der Waals surface area contributed by atoms with Crippen molar-refractivity contribution in [1.82, 2.24) is 10.2 Å². The van der Waals surface area contributed by atoms with E-state index in [1.807, 2.05) is 17.0 Å². The maximum Gasteiger partial charge on any atom is 0.335 e. The van der Waals surface area contributed by atoms with E-state index in [0.717, 1.165) is 24.2 Å². The molecule has 0 saturated heterocycles. The van der Waals surface area contributed by atoms with Crippen LogP contribution in [0.2, 0.25) is 0 Å². The fraction of sp³-hybridized carbons (Fsp3) is 0.300. The first-order valence-corrected chi connectivity index (χ1v) is 8.57. The molecular formula is C20H22N2O4. The fourth-order valence-electron chi connectivity index (χ4n) is 3.09. The van der Waals surface area contributed by atoms with Crippen LogP contribution in [0.4, 0.5) is 4.79 Å². The Balaban J connectivity index is 1.56. The number of amides is 2. The van der Waals surface area contributed by atoms with Gasteiger partial charge in [-0.05, 0) is 53.8 Å². The molecule has 0 unspecified atom stereocenters. The molecule has 26 heavy (non-hydrogen) atoms. The zero-order chi connectivity index (χ0) is 18.5. The Morgan fingerprint density at radius 1 is 1.08 bits per heavy atom. The minimum absolute atomic E-state index is 0.105. The third-order valence-electron chi connectivity index (χ3n) is 4.65. The van der Waals surface area contributed by atoms with Gasteiger partial charge in [-0.25, -0.2) is 9.59 Å². The van der Waals surface area contributed by atoms with Crippen molar-refractivity contribution in [3.63, 3.8) is 0 Å². The zero-order valence-corrected chi connectivity index (χ0v) is 14.7. The van der Waals surface area contributed by atoms with E-state index in [2.05, 4.69) is 11.4 Å². The largest absolute Gasteiger partial charge is 0.497 e. The predicted molar refractivity (Wildman–Crippen MR) is 97.6 cm³/mol. The van der Waals surface area contributed by atoms with E-state index >= 15 is 0 Å². The number of hydrogen-bond acceptors (Lipinski definition) is 3. The molecule has 0 saturated carbocycles. The predicted octanol–water partition coefficient (Wildman–Crippen LogP) is 2.70. The molecule has 0 fully saturated rings. The molecule has 0 atom stereocenters. The van der Waals surface area contributed by atoms with E-state index in [1.165, 1.54) is 11.1 Å². The van der Waals surface area contributed by atoms with Gasteiger partial charge in [0.2, 0.25) is 0 Å². The third kappa shape index (κ3) is 4.14. The number of hydrogen-bond donors (Lipinski definition) is 2. The van der Waals surface area contributed by atoms with Crippen LogP contribution in [0.5, 0.6) is 5.75 Å². The highest BCUT2D eigenvalue weighted by atomic mass is 16.5.